The van der Waals surface area contributed by atoms with Crippen LogP contribution < -0.4 is 0 Å². The van der Waals surface area contributed by atoms with Gasteiger partial charge in [-0.2, -0.15) is 12.6 Å². The van der Waals surface area contributed by atoms with Gasteiger partial charge in [-0.1, -0.05) is 12.1 Å². The van der Waals surface area contributed by atoms with Crippen LogP contribution in [-0.4, -0.2) is 5.11 Å². The van der Waals surface area contributed by atoms with Crippen molar-refractivity contribution in [3.63, 3.8) is 0 Å². The van der Waals surface area contributed by atoms with Crippen LogP contribution in [0.5, 0.6) is 5.75 Å². The third-order valence-corrected chi connectivity index (χ3v) is 1.90. The lowest BCUT2D eigenvalue weighted by molar-refractivity contribution is 0.475. The van der Waals surface area contributed by atoms with E-state index in [9.17, 15) is 0 Å². The number of rotatable bonds is 1. The lowest BCUT2D eigenvalue weighted by Crippen LogP contribution is -1.75. The van der Waals surface area contributed by atoms with Gasteiger partial charge < -0.3 is 5.11 Å². The minimum atomic E-state index is 0.292. The van der Waals surface area contributed by atoms with Crippen molar-refractivity contribution >= 4 is 18.2 Å². The summed E-state index contributed by atoms with van der Waals surface area (Å²) in [6.07, 6.45) is 0. The van der Waals surface area contributed by atoms with Crippen LogP contribution in [0.2, 0.25) is 0 Å². The van der Waals surface area contributed by atoms with Crippen molar-refractivity contribution in [2.75, 3.05) is 0 Å². The Labute approximate surface area is 71.8 Å². The Morgan fingerprint density at radius 2 is 1.91 bits per heavy atom. The normalized spacial score (nSPS) is 11.6. The maximum Gasteiger partial charge on any atom is 0.115 e. The zero-order valence-corrected chi connectivity index (χ0v) is 7.18. The topological polar surface area (TPSA) is 20.2 Å². The van der Waals surface area contributed by atoms with E-state index in [4.69, 9.17) is 5.11 Å². The van der Waals surface area contributed by atoms with Gasteiger partial charge in [0.15, 0.2) is 0 Å². The zero-order valence-electron chi connectivity index (χ0n) is 6.28. The van der Waals surface area contributed by atoms with E-state index < -0.39 is 0 Å². The molecular formula is C9H10OS. The molecule has 1 N–H and O–H groups in total. The summed E-state index contributed by atoms with van der Waals surface area (Å²) in [7, 11) is 0. The summed E-state index contributed by atoms with van der Waals surface area (Å²) in [5.74, 6) is 0.292. The summed E-state index contributed by atoms with van der Waals surface area (Å²) in [4.78, 5) is 0. The molecule has 0 spiro atoms. The predicted molar refractivity (Wildman–Crippen MR) is 50.7 cm³/mol. The van der Waals surface area contributed by atoms with Crippen molar-refractivity contribution in [2.24, 2.45) is 0 Å². The second-order valence-electron chi connectivity index (χ2n) is 2.36. The summed E-state index contributed by atoms with van der Waals surface area (Å²) >= 11 is 4.03. The molecule has 0 amide bonds. The van der Waals surface area contributed by atoms with Gasteiger partial charge in [-0.25, -0.2) is 0 Å². The molecule has 2 heteroatoms. The highest BCUT2D eigenvalue weighted by molar-refractivity contribution is 7.83. The minimum absolute atomic E-state index is 0.292. The minimum Gasteiger partial charge on any atom is -0.508 e. The number of benzene rings is 1. The van der Waals surface area contributed by atoms with Crippen LogP contribution in [-0.2, 0) is 0 Å². The monoisotopic (exact) mass is 166 g/mol. The molecule has 0 aliphatic carbocycles. The molecule has 0 radical (unpaired) electrons. The third-order valence-electron chi connectivity index (χ3n) is 1.52. The average Bonchev–Trinajstić information content (AvgIpc) is 2.05. The van der Waals surface area contributed by atoms with Crippen LogP contribution in [0, 0.1) is 0 Å². The molecule has 1 nitrogen and oxygen atoms in total. The summed E-state index contributed by atoms with van der Waals surface area (Å²) < 4.78 is 0. The fraction of sp³-hybridized carbons (Fsp3) is 0.111. The number of thiol groups is 1. The molecular weight excluding hydrogens is 156 g/mol. The Hall–Kier alpha value is -0.890. The molecule has 1 rings (SSSR count). The van der Waals surface area contributed by atoms with Crippen molar-refractivity contribution in [1.82, 2.24) is 0 Å². The number of phenols is 1. The molecule has 58 valence electrons. The van der Waals surface area contributed by atoms with Crippen LogP contribution in [0.15, 0.2) is 29.7 Å². The molecule has 0 aromatic heterocycles. The highest BCUT2D eigenvalue weighted by atomic mass is 32.1. The molecule has 0 saturated carbocycles. The van der Waals surface area contributed by atoms with Crippen molar-refractivity contribution in [3.8, 4) is 5.75 Å². The van der Waals surface area contributed by atoms with Crippen LogP contribution >= 0.6 is 12.6 Å². The van der Waals surface area contributed by atoms with E-state index in [-0.39, 0.29) is 0 Å². The van der Waals surface area contributed by atoms with Gasteiger partial charge >= 0.3 is 0 Å². The molecule has 0 aliphatic heterocycles. The van der Waals surface area contributed by atoms with Gasteiger partial charge in [0.25, 0.3) is 0 Å². The van der Waals surface area contributed by atoms with Gasteiger partial charge in [-0.15, -0.1) is 0 Å². The third kappa shape index (κ3) is 2.02. The molecule has 0 unspecified atom stereocenters. The Bertz CT molecular complexity index is 261. The van der Waals surface area contributed by atoms with Crippen molar-refractivity contribution < 1.29 is 5.11 Å². The van der Waals surface area contributed by atoms with Crippen LogP contribution in [0.4, 0.5) is 0 Å². The van der Waals surface area contributed by atoms with Gasteiger partial charge in [-0.05, 0) is 35.6 Å². The van der Waals surface area contributed by atoms with E-state index >= 15 is 0 Å². The van der Waals surface area contributed by atoms with Crippen molar-refractivity contribution in [2.45, 2.75) is 6.92 Å². The predicted octanol–water partition coefficient (Wildman–Crippen LogP) is 2.68. The zero-order chi connectivity index (χ0) is 8.27. The molecule has 0 aliphatic rings. The second-order valence-corrected chi connectivity index (χ2v) is 2.62. The molecule has 0 bridgehead atoms. The van der Waals surface area contributed by atoms with Crippen LogP contribution in [0.1, 0.15) is 12.5 Å². The molecule has 0 saturated heterocycles. The summed E-state index contributed by atoms with van der Waals surface area (Å²) in [6, 6.07) is 7.04. The van der Waals surface area contributed by atoms with E-state index in [1.807, 2.05) is 19.1 Å². The SMILES string of the molecule is C/C(=C\S)c1ccc(O)cc1. The van der Waals surface area contributed by atoms with E-state index in [1.54, 1.807) is 17.5 Å². The number of aromatic hydroxyl groups is 1. The largest absolute Gasteiger partial charge is 0.508 e. The first-order chi connectivity index (χ1) is 5.24. The maximum atomic E-state index is 8.97. The summed E-state index contributed by atoms with van der Waals surface area (Å²) in [5.41, 5.74) is 2.17. The average molecular weight is 166 g/mol. The van der Waals surface area contributed by atoms with E-state index in [1.165, 1.54) is 0 Å². The number of hydrogen-bond donors (Lipinski definition) is 2. The fourth-order valence-corrected chi connectivity index (χ4v) is 0.948. The Morgan fingerprint density at radius 3 is 2.36 bits per heavy atom. The number of hydrogen-bond acceptors (Lipinski definition) is 2. The Balaban J connectivity index is 2.99. The first-order valence-electron chi connectivity index (χ1n) is 3.34. The summed E-state index contributed by atoms with van der Waals surface area (Å²) in [6.45, 7) is 1.97. The standard InChI is InChI=1S/C9H10OS/c1-7(6-11)8-2-4-9(10)5-3-8/h2-6,10-11H,1H3/b7-6+. The van der Waals surface area contributed by atoms with E-state index in [2.05, 4.69) is 12.6 Å². The van der Waals surface area contributed by atoms with Crippen molar-refractivity contribution in [1.29, 1.82) is 0 Å². The van der Waals surface area contributed by atoms with Gasteiger partial charge in [0.2, 0.25) is 0 Å². The van der Waals surface area contributed by atoms with Gasteiger partial charge in [0, 0.05) is 0 Å². The fourth-order valence-electron chi connectivity index (χ4n) is 0.799. The van der Waals surface area contributed by atoms with E-state index in [0.717, 1.165) is 11.1 Å². The lowest BCUT2D eigenvalue weighted by Gasteiger charge is -1.98. The first-order valence-corrected chi connectivity index (χ1v) is 3.86. The number of phenolic OH excluding ortho intramolecular Hbond substituents is 1. The highest BCUT2D eigenvalue weighted by Gasteiger charge is 1.92. The van der Waals surface area contributed by atoms with Gasteiger partial charge in [-0.3, -0.25) is 0 Å². The first kappa shape index (κ1) is 8.21. The van der Waals surface area contributed by atoms with E-state index in [0.29, 0.717) is 5.75 Å². The van der Waals surface area contributed by atoms with Gasteiger partial charge in [0.1, 0.15) is 5.75 Å². The lowest BCUT2D eigenvalue weighted by atomic mass is 10.1. The molecule has 1 aromatic carbocycles. The quantitative estimate of drug-likeness (QED) is 0.614. The van der Waals surface area contributed by atoms with Gasteiger partial charge in [0.05, 0.1) is 0 Å². The second kappa shape index (κ2) is 3.49. The highest BCUT2D eigenvalue weighted by Crippen LogP contribution is 2.17. The number of allylic oxidation sites excluding steroid dienone is 1. The Morgan fingerprint density at radius 1 is 1.36 bits per heavy atom. The molecule has 0 fully saturated rings. The molecule has 0 heterocycles. The Kier molecular flexibility index (Phi) is 2.60. The summed E-state index contributed by atoms with van der Waals surface area (Å²) in [5, 5.41) is 10.7. The maximum absolute atomic E-state index is 8.97. The molecule has 1 aromatic rings. The molecule has 11 heavy (non-hydrogen) atoms. The molecule has 0 atom stereocenters. The van der Waals surface area contributed by atoms with Crippen molar-refractivity contribution in [3.05, 3.63) is 35.2 Å². The van der Waals surface area contributed by atoms with Crippen LogP contribution in [0.3, 0.4) is 0 Å². The smallest absolute Gasteiger partial charge is 0.115 e. The van der Waals surface area contributed by atoms with Crippen LogP contribution in [0.25, 0.3) is 5.57 Å².